The fraction of sp³-hybridized carbons (Fsp3) is 0.250. The Hall–Kier alpha value is -3.74. The number of amides is 1. The number of aromatic nitrogens is 2. The van der Waals surface area contributed by atoms with Crippen molar-refractivity contribution >= 4 is 12.0 Å². The number of ether oxygens (including phenoxy) is 3. The molecule has 0 fully saturated rings. The maximum atomic E-state index is 12.4. The van der Waals surface area contributed by atoms with Gasteiger partial charge in [0.25, 0.3) is 0 Å². The summed E-state index contributed by atoms with van der Waals surface area (Å²) in [5.74, 6) is 1.60. The van der Waals surface area contributed by atoms with E-state index in [0.717, 1.165) is 28.2 Å². The zero-order chi connectivity index (χ0) is 21.8. The van der Waals surface area contributed by atoms with Crippen molar-refractivity contribution in [3.05, 3.63) is 71.1 Å². The second kappa shape index (κ2) is 8.95. The summed E-state index contributed by atoms with van der Waals surface area (Å²) >= 11 is 0. The first kappa shape index (κ1) is 20.5. The third-order valence-electron chi connectivity index (χ3n) is 5.16. The van der Waals surface area contributed by atoms with E-state index >= 15 is 0 Å². The summed E-state index contributed by atoms with van der Waals surface area (Å²) in [7, 11) is 1.58. The Bertz CT molecular complexity index is 1100. The predicted molar refractivity (Wildman–Crippen MR) is 118 cm³/mol. The van der Waals surface area contributed by atoms with Crippen molar-refractivity contribution in [1.82, 2.24) is 15.1 Å². The Labute approximate surface area is 181 Å². The van der Waals surface area contributed by atoms with Gasteiger partial charge in [-0.15, -0.1) is 0 Å². The Balaban J connectivity index is 1.44. The van der Waals surface area contributed by atoms with Crippen LogP contribution >= 0.6 is 0 Å². The van der Waals surface area contributed by atoms with Crippen molar-refractivity contribution in [1.29, 1.82) is 0 Å². The number of fused-ring (bicyclic) bond motifs is 1. The molecule has 2 heterocycles. The van der Waals surface area contributed by atoms with Crippen LogP contribution in [0.5, 0.6) is 17.2 Å². The molecule has 0 unspecified atom stereocenters. The lowest BCUT2D eigenvalue weighted by Crippen LogP contribution is -2.21. The van der Waals surface area contributed by atoms with Crippen molar-refractivity contribution in [3.63, 3.8) is 0 Å². The van der Waals surface area contributed by atoms with Crippen LogP contribution in [0.2, 0.25) is 0 Å². The monoisotopic (exact) mass is 419 g/mol. The van der Waals surface area contributed by atoms with E-state index in [1.807, 2.05) is 61.0 Å². The second-order valence-electron chi connectivity index (χ2n) is 7.20. The van der Waals surface area contributed by atoms with Gasteiger partial charge in [0.2, 0.25) is 11.7 Å². The van der Waals surface area contributed by atoms with E-state index in [0.29, 0.717) is 37.0 Å². The number of methoxy groups -OCH3 is 1. The standard InChI is InChI=1S/C24H25N3O4/c1-16-20(17(2)27(26-16)19-7-5-4-6-8-19)15-25-23(28)10-9-18-13-21(29-3)24-22(14-18)30-11-12-31-24/h4-10,13-14H,11-12,15H2,1-3H3,(H,25,28)/b10-9+. The summed E-state index contributed by atoms with van der Waals surface area (Å²) < 4.78 is 18.5. The number of carbonyl (C=O) groups is 1. The Kier molecular flexibility index (Phi) is 5.93. The number of hydrogen-bond donors (Lipinski definition) is 1. The number of aryl methyl sites for hydroxylation is 1. The molecule has 160 valence electrons. The number of nitrogens with zero attached hydrogens (tertiary/aromatic N) is 2. The maximum Gasteiger partial charge on any atom is 0.244 e. The zero-order valence-electron chi connectivity index (χ0n) is 17.8. The van der Waals surface area contributed by atoms with E-state index in [1.54, 1.807) is 13.2 Å². The number of carbonyl (C=O) groups excluding carboxylic acids is 1. The van der Waals surface area contributed by atoms with E-state index in [9.17, 15) is 4.79 Å². The van der Waals surface area contributed by atoms with Gasteiger partial charge < -0.3 is 19.5 Å². The first-order valence-corrected chi connectivity index (χ1v) is 10.1. The van der Waals surface area contributed by atoms with Crippen LogP contribution in [0.3, 0.4) is 0 Å². The van der Waals surface area contributed by atoms with Crippen LogP contribution in [-0.4, -0.2) is 36.0 Å². The lowest BCUT2D eigenvalue weighted by molar-refractivity contribution is -0.116. The molecule has 1 aliphatic rings. The van der Waals surface area contributed by atoms with E-state index < -0.39 is 0 Å². The van der Waals surface area contributed by atoms with Gasteiger partial charge in [0.15, 0.2) is 11.5 Å². The SMILES string of the molecule is COc1cc(/C=C/C(=O)NCc2c(C)nn(-c3ccccc3)c2C)cc2c1OCCO2. The van der Waals surface area contributed by atoms with Gasteiger partial charge >= 0.3 is 0 Å². The van der Waals surface area contributed by atoms with E-state index in [2.05, 4.69) is 10.4 Å². The number of rotatable bonds is 6. The lowest BCUT2D eigenvalue weighted by Gasteiger charge is -2.20. The predicted octanol–water partition coefficient (Wildman–Crippen LogP) is 3.60. The number of benzene rings is 2. The highest BCUT2D eigenvalue weighted by atomic mass is 16.6. The third-order valence-corrected chi connectivity index (χ3v) is 5.16. The van der Waals surface area contributed by atoms with Crippen LogP contribution in [0.1, 0.15) is 22.5 Å². The molecule has 0 radical (unpaired) electrons. The smallest absolute Gasteiger partial charge is 0.244 e. The third kappa shape index (κ3) is 4.40. The molecule has 7 heteroatoms. The molecule has 0 spiro atoms. The zero-order valence-corrected chi connectivity index (χ0v) is 17.8. The van der Waals surface area contributed by atoms with Crippen LogP contribution in [-0.2, 0) is 11.3 Å². The minimum Gasteiger partial charge on any atom is -0.493 e. The lowest BCUT2D eigenvalue weighted by atomic mass is 10.1. The molecule has 0 atom stereocenters. The number of nitrogens with one attached hydrogen (secondary N) is 1. The van der Waals surface area contributed by atoms with Crippen LogP contribution in [0, 0.1) is 13.8 Å². The number of hydrogen-bond acceptors (Lipinski definition) is 5. The van der Waals surface area contributed by atoms with Gasteiger partial charge in [0.1, 0.15) is 13.2 Å². The molecule has 1 aliphatic heterocycles. The van der Waals surface area contributed by atoms with Gasteiger partial charge in [-0.05, 0) is 49.8 Å². The molecule has 31 heavy (non-hydrogen) atoms. The molecule has 3 aromatic rings. The molecule has 1 aromatic heterocycles. The average molecular weight is 419 g/mol. The molecule has 7 nitrogen and oxygen atoms in total. The molecule has 0 aliphatic carbocycles. The average Bonchev–Trinajstić information content (AvgIpc) is 3.09. The fourth-order valence-corrected chi connectivity index (χ4v) is 3.55. The molecule has 0 bridgehead atoms. The maximum absolute atomic E-state index is 12.4. The highest BCUT2D eigenvalue weighted by molar-refractivity contribution is 5.91. The van der Waals surface area contributed by atoms with Gasteiger partial charge in [-0.1, -0.05) is 18.2 Å². The molecule has 0 saturated heterocycles. The Morgan fingerprint density at radius 3 is 2.74 bits per heavy atom. The number of para-hydroxylation sites is 1. The normalized spacial score (nSPS) is 12.7. The first-order valence-electron chi connectivity index (χ1n) is 10.1. The molecule has 1 amide bonds. The van der Waals surface area contributed by atoms with Crippen LogP contribution in [0.15, 0.2) is 48.5 Å². The summed E-state index contributed by atoms with van der Waals surface area (Å²) in [5.41, 5.74) is 4.69. The van der Waals surface area contributed by atoms with Crippen molar-refractivity contribution in [2.45, 2.75) is 20.4 Å². The van der Waals surface area contributed by atoms with Crippen molar-refractivity contribution in [2.75, 3.05) is 20.3 Å². The largest absolute Gasteiger partial charge is 0.493 e. The van der Waals surface area contributed by atoms with Crippen molar-refractivity contribution in [2.24, 2.45) is 0 Å². The summed E-state index contributed by atoms with van der Waals surface area (Å²) in [6.07, 6.45) is 3.22. The topological polar surface area (TPSA) is 74.6 Å². The first-order chi connectivity index (χ1) is 15.1. The summed E-state index contributed by atoms with van der Waals surface area (Å²) in [4.78, 5) is 12.4. The highest BCUT2D eigenvalue weighted by Crippen LogP contribution is 2.40. The fourth-order valence-electron chi connectivity index (χ4n) is 3.55. The van der Waals surface area contributed by atoms with Gasteiger partial charge in [-0.25, -0.2) is 4.68 Å². The molecule has 2 aromatic carbocycles. The summed E-state index contributed by atoms with van der Waals surface area (Å²) in [6.45, 7) is 5.33. The minimum absolute atomic E-state index is 0.194. The molecular formula is C24H25N3O4. The summed E-state index contributed by atoms with van der Waals surface area (Å²) in [6, 6.07) is 13.6. The Morgan fingerprint density at radius 1 is 1.19 bits per heavy atom. The van der Waals surface area contributed by atoms with Gasteiger partial charge in [0.05, 0.1) is 18.5 Å². The molecule has 0 saturated carbocycles. The van der Waals surface area contributed by atoms with Crippen molar-refractivity contribution in [3.8, 4) is 22.9 Å². The Morgan fingerprint density at radius 2 is 1.97 bits per heavy atom. The van der Waals surface area contributed by atoms with Gasteiger partial charge in [0, 0.05) is 23.9 Å². The molecular weight excluding hydrogens is 394 g/mol. The van der Waals surface area contributed by atoms with Gasteiger partial charge in [-0.2, -0.15) is 5.10 Å². The van der Waals surface area contributed by atoms with Crippen LogP contribution < -0.4 is 19.5 Å². The van der Waals surface area contributed by atoms with Crippen molar-refractivity contribution < 1.29 is 19.0 Å². The van der Waals surface area contributed by atoms with E-state index in [4.69, 9.17) is 14.2 Å². The minimum atomic E-state index is -0.194. The van der Waals surface area contributed by atoms with Crippen LogP contribution in [0.4, 0.5) is 0 Å². The molecule has 1 N–H and O–H groups in total. The highest BCUT2D eigenvalue weighted by Gasteiger charge is 2.18. The summed E-state index contributed by atoms with van der Waals surface area (Å²) in [5, 5.41) is 7.56. The second-order valence-corrected chi connectivity index (χ2v) is 7.20. The van der Waals surface area contributed by atoms with E-state index in [1.165, 1.54) is 6.08 Å². The molecule has 4 rings (SSSR count). The van der Waals surface area contributed by atoms with Gasteiger partial charge in [-0.3, -0.25) is 4.79 Å². The van der Waals surface area contributed by atoms with Crippen LogP contribution in [0.25, 0.3) is 11.8 Å². The quantitative estimate of drug-likeness (QED) is 0.618. The van der Waals surface area contributed by atoms with E-state index in [-0.39, 0.29) is 5.91 Å².